The first-order valence-corrected chi connectivity index (χ1v) is 10.1. The molecule has 1 atom stereocenters. The zero-order valence-electron chi connectivity index (χ0n) is 15.5. The second-order valence-electron chi connectivity index (χ2n) is 8.08. The Labute approximate surface area is 151 Å². The average Bonchev–Trinajstić information content (AvgIpc) is 3.59. The molecule has 0 aromatic carbocycles. The van der Waals surface area contributed by atoms with Crippen molar-refractivity contribution < 1.29 is 9.53 Å². The summed E-state index contributed by atoms with van der Waals surface area (Å²) in [4.78, 5) is 21.2. The number of nitrogens with zero attached hydrogens (tertiary/aromatic N) is 3. The lowest BCUT2D eigenvalue weighted by molar-refractivity contribution is -0.142. The smallest absolute Gasteiger partial charge is 0.251 e. The molecule has 0 aromatic rings. The Bertz CT molecular complexity index is 490. The summed E-state index contributed by atoms with van der Waals surface area (Å²) in [5.74, 6) is 3.95. The van der Waals surface area contributed by atoms with Gasteiger partial charge < -0.3 is 19.9 Å². The van der Waals surface area contributed by atoms with E-state index in [0.717, 1.165) is 75.9 Å². The molecular weight excluding hydrogens is 316 g/mol. The number of hydrogen-bond acceptors (Lipinski definition) is 3. The predicted molar refractivity (Wildman–Crippen MR) is 97.4 cm³/mol. The molecule has 0 spiro atoms. The molecule has 140 valence electrons. The Hall–Kier alpha value is -1.30. The highest BCUT2D eigenvalue weighted by Gasteiger charge is 2.41. The lowest BCUT2D eigenvalue weighted by Gasteiger charge is -2.37. The molecule has 1 unspecified atom stereocenters. The fourth-order valence-corrected chi connectivity index (χ4v) is 4.42. The van der Waals surface area contributed by atoms with E-state index in [1.807, 2.05) is 11.9 Å². The number of guanidine groups is 1. The van der Waals surface area contributed by atoms with E-state index in [4.69, 9.17) is 4.74 Å². The zero-order chi connectivity index (χ0) is 17.2. The topological polar surface area (TPSA) is 57.2 Å². The molecule has 2 aliphatic heterocycles. The SMILES string of the molecule is CN=C(NCC(C1CC1)C1CC1)N1CCN(C(=O)C2CCCO2)CC1. The van der Waals surface area contributed by atoms with Crippen molar-refractivity contribution in [1.82, 2.24) is 15.1 Å². The number of piperazine rings is 1. The molecule has 4 aliphatic rings. The molecule has 2 aliphatic carbocycles. The second kappa shape index (κ2) is 7.52. The van der Waals surface area contributed by atoms with Crippen molar-refractivity contribution in [2.24, 2.45) is 22.7 Å². The van der Waals surface area contributed by atoms with Crippen LogP contribution in [-0.2, 0) is 9.53 Å². The van der Waals surface area contributed by atoms with Crippen LogP contribution >= 0.6 is 0 Å². The molecule has 1 N–H and O–H groups in total. The van der Waals surface area contributed by atoms with E-state index in [-0.39, 0.29) is 12.0 Å². The normalized spacial score (nSPS) is 27.9. The fraction of sp³-hybridized carbons (Fsp3) is 0.895. The molecular formula is C19H32N4O2. The van der Waals surface area contributed by atoms with Crippen LogP contribution in [0.15, 0.2) is 4.99 Å². The average molecular weight is 348 g/mol. The maximum absolute atomic E-state index is 12.5. The number of rotatable bonds is 5. The van der Waals surface area contributed by atoms with Gasteiger partial charge in [0, 0.05) is 46.4 Å². The molecule has 2 saturated heterocycles. The first kappa shape index (κ1) is 17.1. The quantitative estimate of drug-likeness (QED) is 0.601. The van der Waals surface area contributed by atoms with Crippen LogP contribution in [-0.4, -0.2) is 74.1 Å². The summed E-state index contributed by atoms with van der Waals surface area (Å²) in [7, 11) is 1.87. The van der Waals surface area contributed by atoms with Crippen molar-refractivity contribution in [3.05, 3.63) is 0 Å². The van der Waals surface area contributed by atoms with E-state index in [9.17, 15) is 4.79 Å². The Balaban J connectivity index is 1.24. The van der Waals surface area contributed by atoms with Crippen LogP contribution in [0.4, 0.5) is 0 Å². The Morgan fingerprint density at radius 2 is 1.72 bits per heavy atom. The lowest BCUT2D eigenvalue weighted by atomic mass is 9.98. The number of ether oxygens (including phenoxy) is 1. The summed E-state index contributed by atoms with van der Waals surface area (Å²) >= 11 is 0. The minimum Gasteiger partial charge on any atom is -0.368 e. The van der Waals surface area contributed by atoms with Gasteiger partial charge in [-0.25, -0.2) is 0 Å². The lowest BCUT2D eigenvalue weighted by Crippen LogP contribution is -2.55. The summed E-state index contributed by atoms with van der Waals surface area (Å²) < 4.78 is 5.54. The second-order valence-corrected chi connectivity index (χ2v) is 8.08. The van der Waals surface area contributed by atoms with E-state index in [0.29, 0.717) is 0 Å². The van der Waals surface area contributed by atoms with Crippen molar-refractivity contribution in [2.45, 2.75) is 44.6 Å². The first-order valence-electron chi connectivity index (χ1n) is 10.1. The molecule has 0 aromatic heterocycles. The third-order valence-electron chi connectivity index (χ3n) is 6.26. The van der Waals surface area contributed by atoms with Gasteiger partial charge >= 0.3 is 0 Å². The summed E-state index contributed by atoms with van der Waals surface area (Å²) in [6.07, 6.45) is 7.39. The third-order valence-corrected chi connectivity index (χ3v) is 6.26. The van der Waals surface area contributed by atoms with Crippen molar-refractivity contribution >= 4 is 11.9 Å². The van der Waals surface area contributed by atoms with Gasteiger partial charge in [0.15, 0.2) is 5.96 Å². The zero-order valence-corrected chi connectivity index (χ0v) is 15.5. The molecule has 2 saturated carbocycles. The molecule has 25 heavy (non-hydrogen) atoms. The van der Waals surface area contributed by atoms with E-state index in [1.54, 1.807) is 0 Å². The number of aliphatic imine (C=N–C) groups is 1. The summed E-state index contributed by atoms with van der Waals surface area (Å²) in [5, 5.41) is 3.63. The van der Waals surface area contributed by atoms with Gasteiger partial charge in [-0.15, -0.1) is 0 Å². The van der Waals surface area contributed by atoms with Crippen LogP contribution in [0.2, 0.25) is 0 Å². The number of amides is 1. The maximum Gasteiger partial charge on any atom is 0.251 e. The van der Waals surface area contributed by atoms with Gasteiger partial charge in [-0.2, -0.15) is 0 Å². The molecule has 6 nitrogen and oxygen atoms in total. The van der Waals surface area contributed by atoms with Crippen LogP contribution in [0.5, 0.6) is 0 Å². The van der Waals surface area contributed by atoms with E-state index in [1.165, 1.54) is 25.7 Å². The van der Waals surface area contributed by atoms with Gasteiger partial charge in [-0.1, -0.05) is 0 Å². The molecule has 2 heterocycles. The Morgan fingerprint density at radius 3 is 2.24 bits per heavy atom. The van der Waals surface area contributed by atoms with Crippen molar-refractivity contribution in [3.63, 3.8) is 0 Å². The predicted octanol–water partition coefficient (Wildman–Crippen LogP) is 1.32. The number of nitrogens with one attached hydrogen (secondary N) is 1. The van der Waals surface area contributed by atoms with Crippen LogP contribution in [0.1, 0.15) is 38.5 Å². The molecule has 0 bridgehead atoms. The summed E-state index contributed by atoms with van der Waals surface area (Å²) in [6.45, 7) is 5.06. The van der Waals surface area contributed by atoms with E-state index < -0.39 is 0 Å². The fourth-order valence-electron chi connectivity index (χ4n) is 4.42. The Morgan fingerprint density at radius 1 is 1.08 bits per heavy atom. The molecule has 1 amide bonds. The highest BCUT2D eigenvalue weighted by molar-refractivity contribution is 5.82. The van der Waals surface area contributed by atoms with Crippen molar-refractivity contribution in [3.8, 4) is 0 Å². The largest absolute Gasteiger partial charge is 0.368 e. The first-order chi connectivity index (χ1) is 12.3. The van der Waals surface area contributed by atoms with Gasteiger partial charge in [0.2, 0.25) is 0 Å². The third kappa shape index (κ3) is 4.10. The minimum atomic E-state index is -0.193. The molecule has 4 fully saturated rings. The van der Waals surface area contributed by atoms with Gasteiger partial charge in [0.1, 0.15) is 6.10 Å². The number of carbonyl (C=O) groups is 1. The van der Waals surface area contributed by atoms with Crippen molar-refractivity contribution in [1.29, 1.82) is 0 Å². The van der Waals surface area contributed by atoms with E-state index in [2.05, 4.69) is 15.2 Å². The summed E-state index contributed by atoms with van der Waals surface area (Å²) in [5.41, 5.74) is 0. The number of hydrogen-bond donors (Lipinski definition) is 1. The van der Waals surface area contributed by atoms with E-state index >= 15 is 0 Å². The number of carbonyl (C=O) groups excluding carboxylic acids is 1. The van der Waals surface area contributed by atoms with Gasteiger partial charge in [-0.05, 0) is 56.3 Å². The molecule has 0 radical (unpaired) electrons. The van der Waals surface area contributed by atoms with Crippen LogP contribution < -0.4 is 5.32 Å². The van der Waals surface area contributed by atoms with Gasteiger partial charge in [-0.3, -0.25) is 9.79 Å². The Kier molecular flexibility index (Phi) is 5.15. The molecule has 4 rings (SSSR count). The molecule has 6 heteroatoms. The summed E-state index contributed by atoms with van der Waals surface area (Å²) in [6, 6.07) is 0. The van der Waals surface area contributed by atoms with Gasteiger partial charge in [0.25, 0.3) is 5.91 Å². The van der Waals surface area contributed by atoms with Crippen LogP contribution in [0.25, 0.3) is 0 Å². The standard InChI is InChI=1S/C19H32N4O2/c1-20-19(21-13-16(14-4-5-14)15-6-7-15)23-10-8-22(9-11-23)18(24)17-3-2-12-25-17/h14-17H,2-13H2,1H3,(H,20,21). The van der Waals surface area contributed by atoms with Crippen LogP contribution in [0, 0.1) is 17.8 Å². The van der Waals surface area contributed by atoms with Gasteiger partial charge in [0.05, 0.1) is 0 Å². The monoisotopic (exact) mass is 348 g/mol. The highest BCUT2D eigenvalue weighted by Crippen LogP contribution is 2.48. The highest BCUT2D eigenvalue weighted by atomic mass is 16.5. The maximum atomic E-state index is 12.5. The minimum absolute atomic E-state index is 0.183. The van der Waals surface area contributed by atoms with Crippen molar-refractivity contribution in [2.75, 3.05) is 46.4 Å². The van der Waals surface area contributed by atoms with Crippen LogP contribution in [0.3, 0.4) is 0 Å².